The first kappa shape index (κ1) is 17.1. The van der Waals surface area contributed by atoms with Gasteiger partial charge in [0.1, 0.15) is 4.83 Å². The van der Waals surface area contributed by atoms with Crippen LogP contribution in [0.4, 0.5) is 11.4 Å². The summed E-state index contributed by atoms with van der Waals surface area (Å²) in [4.78, 5) is 14.1. The first-order valence-corrected chi connectivity index (χ1v) is 11.1. The standard InChI is InChI=1S/C21H22N4S2/c1-13-15(4-3-9-25(13)2)20-11-16-17(7-8-22-21(16)27-20)24-14-5-6-19-18(10-14)23-12-26-19/h5-8,10-13,15H,3-4,9H2,1-2H3,(H,22,24)/t13-,15+/m0/s1. The van der Waals surface area contributed by atoms with Crippen molar-refractivity contribution in [2.24, 2.45) is 0 Å². The Morgan fingerprint density at radius 2 is 2.11 bits per heavy atom. The lowest BCUT2D eigenvalue weighted by atomic mass is 9.89. The lowest BCUT2D eigenvalue weighted by Crippen LogP contribution is -2.38. The van der Waals surface area contributed by atoms with Gasteiger partial charge < -0.3 is 10.2 Å². The molecular weight excluding hydrogens is 372 g/mol. The minimum absolute atomic E-state index is 0.579. The van der Waals surface area contributed by atoms with Crippen molar-refractivity contribution < 1.29 is 0 Å². The molecule has 1 saturated heterocycles. The fourth-order valence-electron chi connectivity index (χ4n) is 4.03. The molecule has 0 radical (unpaired) electrons. The van der Waals surface area contributed by atoms with E-state index in [9.17, 15) is 0 Å². The Morgan fingerprint density at radius 1 is 1.19 bits per heavy atom. The van der Waals surface area contributed by atoms with Gasteiger partial charge in [-0.2, -0.15) is 0 Å². The van der Waals surface area contributed by atoms with Crippen molar-refractivity contribution >= 4 is 54.5 Å². The van der Waals surface area contributed by atoms with Crippen molar-refractivity contribution in [2.45, 2.75) is 31.7 Å². The van der Waals surface area contributed by atoms with E-state index in [2.05, 4.69) is 64.5 Å². The normalized spacial score (nSPS) is 21.1. The summed E-state index contributed by atoms with van der Waals surface area (Å²) in [6.45, 7) is 3.55. The van der Waals surface area contributed by atoms with Crippen LogP contribution in [0.2, 0.25) is 0 Å². The molecule has 4 aromatic rings. The van der Waals surface area contributed by atoms with E-state index in [1.165, 1.54) is 34.3 Å². The molecule has 1 aromatic carbocycles. The largest absolute Gasteiger partial charge is 0.355 e. The second-order valence-corrected chi connectivity index (χ2v) is 9.30. The molecule has 27 heavy (non-hydrogen) atoms. The summed E-state index contributed by atoms with van der Waals surface area (Å²) in [5.41, 5.74) is 5.13. The van der Waals surface area contributed by atoms with Crippen LogP contribution in [0.5, 0.6) is 0 Å². The summed E-state index contributed by atoms with van der Waals surface area (Å²) in [7, 11) is 2.24. The van der Waals surface area contributed by atoms with Gasteiger partial charge in [0.05, 0.1) is 21.4 Å². The van der Waals surface area contributed by atoms with Crippen LogP contribution in [0, 0.1) is 0 Å². The summed E-state index contributed by atoms with van der Waals surface area (Å²) in [6, 6.07) is 11.4. The Kier molecular flexibility index (Phi) is 4.34. The van der Waals surface area contributed by atoms with Gasteiger partial charge in [-0.1, -0.05) is 0 Å². The maximum absolute atomic E-state index is 4.64. The predicted octanol–water partition coefficient (Wildman–Crippen LogP) is 5.85. The second kappa shape index (κ2) is 6.86. The summed E-state index contributed by atoms with van der Waals surface area (Å²) < 4.78 is 1.22. The van der Waals surface area contributed by atoms with Crippen molar-refractivity contribution in [1.82, 2.24) is 14.9 Å². The molecule has 3 aromatic heterocycles. The number of aromatic nitrogens is 2. The van der Waals surface area contributed by atoms with Crippen LogP contribution >= 0.6 is 22.7 Å². The van der Waals surface area contributed by atoms with Crippen molar-refractivity contribution in [1.29, 1.82) is 0 Å². The van der Waals surface area contributed by atoms with Crippen molar-refractivity contribution in [3.63, 3.8) is 0 Å². The van der Waals surface area contributed by atoms with Crippen LogP contribution in [-0.2, 0) is 0 Å². The highest BCUT2D eigenvalue weighted by Gasteiger charge is 2.28. The van der Waals surface area contributed by atoms with E-state index >= 15 is 0 Å². The van der Waals surface area contributed by atoms with Gasteiger partial charge in [0.25, 0.3) is 0 Å². The molecule has 0 spiro atoms. The van der Waals surface area contributed by atoms with Gasteiger partial charge in [0.2, 0.25) is 0 Å². The fourth-order valence-corrected chi connectivity index (χ4v) is 5.95. The molecule has 0 unspecified atom stereocenters. The van der Waals surface area contributed by atoms with Gasteiger partial charge in [0.15, 0.2) is 0 Å². The zero-order valence-electron chi connectivity index (χ0n) is 15.5. The summed E-state index contributed by atoms with van der Waals surface area (Å²) in [6.07, 6.45) is 4.44. The molecule has 2 atom stereocenters. The van der Waals surface area contributed by atoms with Gasteiger partial charge >= 0.3 is 0 Å². The third kappa shape index (κ3) is 3.12. The minimum atomic E-state index is 0.579. The number of likely N-dealkylation sites (N-methyl/N-ethyl adjacent to an activating group) is 1. The number of hydrogen-bond donors (Lipinski definition) is 1. The van der Waals surface area contributed by atoms with Crippen molar-refractivity contribution in [2.75, 3.05) is 18.9 Å². The molecule has 1 aliphatic heterocycles. The highest BCUT2D eigenvalue weighted by molar-refractivity contribution is 7.18. The zero-order chi connectivity index (χ0) is 18.4. The van der Waals surface area contributed by atoms with E-state index in [1.54, 1.807) is 11.3 Å². The molecule has 138 valence electrons. The molecule has 0 aliphatic carbocycles. The first-order chi connectivity index (χ1) is 13.2. The second-order valence-electron chi connectivity index (χ2n) is 7.36. The lowest BCUT2D eigenvalue weighted by Gasteiger charge is -2.36. The monoisotopic (exact) mass is 394 g/mol. The van der Waals surface area contributed by atoms with Crippen LogP contribution < -0.4 is 5.32 Å². The molecule has 4 heterocycles. The average molecular weight is 395 g/mol. The number of likely N-dealkylation sites (tertiary alicyclic amines) is 1. The maximum Gasteiger partial charge on any atom is 0.125 e. The molecule has 1 N–H and O–H groups in total. The Morgan fingerprint density at radius 3 is 3.04 bits per heavy atom. The highest BCUT2D eigenvalue weighted by atomic mass is 32.1. The lowest BCUT2D eigenvalue weighted by molar-refractivity contribution is 0.176. The van der Waals surface area contributed by atoms with Gasteiger partial charge in [0, 0.05) is 34.1 Å². The number of anilines is 2. The topological polar surface area (TPSA) is 41.1 Å². The third-order valence-corrected chi connectivity index (χ3v) is 7.72. The summed E-state index contributed by atoms with van der Waals surface area (Å²) in [5.74, 6) is 0.599. The molecule has 1 aliphatic rings. The fraction of sp³-hybridized carbons (Fsp3) is 0.333. The molecule has 6 heteroatoms. The van der Waals surface area contributed by atoms with Crippen LogP contribution in [0.15, 0.2) is 42.0 Å². The third-order valence-electron chi connectivity index (χ3n) is 5.73. The van der Waals surface area contributed by atoms with E-state index in [-0.39, 0.29) is 0 Å². The zero-order valence-corrected chi connectivity index (χ0v) is 17.1. The molecular formula is C21H22N4S2. The Labute approximate surface area is 166 Å². The summed E-state index contributed by atoms with van der Waals surface area (Å²) >= 11 is 3.52. The number of fused-ring (bicyclic) bond motifs is 2. The highest BCUT2D eigenvalue weighted by Crippen LogP contribution is 2.40. The number of pyridine rings is 1. The average Bonchev–Trinajstić information content (AvgIpc) is 3.30. The smallest absolute Gasteiger partial charge is 0.125 e. The number of thiazole rings is 1. The van der Waals surface area contributed by atoms with E-state index in [0.717, 1.165) is 21.7 Å². The SMILES string of the molecule is C[C@H]1[C@H](c2cc3c(Nc4ccc5scnc5c4)ccnc3s2)CCCN1C. The number of thiophene rings is 1. The molecule has 0 bridgehead atoms. The molecule has 1 fully saturated rings. The van der Waals surface area contributed by atoms with Gasteiger partial charge in [-0.25, -0.2) is 9.97 Å². The first-order valence-electron chi connectivity index (χ1n) is 9.38. The van der Waals surface area contributed by atoms with Gasteiger partial charge in [-0.05, 0) is 63.7 Å². The maximum atomic E-state index is 4.64. The Hall–Kier alpha value is -2.02. The molecule has 4 nitrogen and oxygen atoms in total. The Balaban J connectivity index is 1.50. The van der Waals surface area contributed by atoms with E-state index < -0.39 is 0 Å². The van der Waals surface area contributed by atoms with Crippen LogP contribution in [0.3, 0.4) is 0 Å². The molecule has 5 rings (SSSR count). The van der Waals surface area contributed by atoms with Gasteiger partial charge in [-0.3, -0.25) is 0 Å². The quantitative estimate of drug-likeness (QED) is 0.473. The minimum Gasteiger partial charge on any atom is -0.355 e. The number of nitrogens with zero attached hydrogens (tertiary/aromatic N) is 3. The van der Waals surface area contributed by atoms with Crippen LogP contribution in [-0.4, -0.2) is 34.5 Å². The Bertz CT molecular complexity index is 1100. The predicted molar refractivity (Wildman–Crippen MR) is 117 cm³/mol. The number of piperidine rings is 1. The van der Waals surface area contributed by atoms with Crippen molar-refractivity contribution in [3.8, 4) is 0 Å². The van der Waals surface area contributed by atoms with E-state index in [0.29, 0.717) is 12.0 Å². The number of nitrogens with one attached hydrogen (secondary N) is 1. The number of hydrogen-bond acceptors (Lipinski definition) is 6. The molecule has 0 saturated carbocycles. The van der Waals surface area contributed by atoms with Crippen LogP contribution in [0.25, 0.3) is 20.4 Å². The number of benzene rings is 1. The van der Waals surface area contributed by atoms with E-state index in [4.69, 9.17) is 0 Å². The van der Waals surface area contributed by atoms with Crippen LogP contribution in [0.1, 0.15) is 30.6 Å². The summed E-state index contributed by atoms with van der Waals surface area (Å²) in [5, 5.41) is 4.80. The van der Waals surface area contributed by atoms with Crippen molar-refractivity contribution in [3.05, 3.63) is 46.9 Å². The van der Waals surface area contributed by atoms with E-state index in [1.807, 2.05) is 23.0 Å². The number of rotatable bonds is 3. The van der Waals surface area contributed by atoms with Gasteiger partial charge in [-0.15, -0.1) is 22.7 Å². The molecule has 0 amide bonds.